The van der Waals surface area contributed by atoms with E-state index in [0.29, 0.717) is 13.1 Å². The van der Waals surface area contributed by atoms with Crippen LogP contribution < -0.4 is 4.74 Å². The van der Waals surface area contributed by atoms with Crippen molar-refractivity contribution < 1.29 is 14.5 Å². The number of nitro benzene ring substituents is 1. The van der Waals surface area contributed by atoms with Gasteiger partial charge in [0.15, 0.2) is 0 Å². The summed E-state index contributed by atoms with van der Waals surface area (Å²) in [6, 6.07) is 10.5. The number of ether oxygens (including phenoxy) is 1. The lowest BCUT2D eigenvalue weighted by atomic mass is 10.1. The van der Waals surface area contributed by atoms with Crippen LogP contribution in [0.3, 0.4) is 0 Å². The van der Waals surface area contributed by atoms with Gasteiger partial charge < -0.3 is 9.64 Å². The van der Waals surface area contributed by atoms with Crippen LogP contribution in [0.15, 0.2) is 36.4 Å². The fourth-order valence-electron chi connectivity index (χ4n) is 3.71. The van der Waals surface area contributed by atoms with E-state index in [0.717, 1.165) is 38.4 Å². The number of hydrogen-bond acceptors (Lipinski definition) is 5. The molecule has 2 aliphatic heterocycles. The first-order valence-corrected chi connectivity index (χ1v) is 9.59. The van der Waals surface area contributed by atoms with E-state index in [1.165, 1.54) is 29.3 Å². The highest BCUT2D eigenvalue weighted by Crippen LogP contribution is 2.27. The molecule has 4 rings (SSSR count). The Morgan fingerprint density at radius 3 is 2.68 bits per heavy atom. The fraction of sp³-hybridized carbons (Fsp3) is 0.350. The Bertz CT molecular complexity index is 926. The number of amides is 1. The second kappa shape index (κ2) is 7.77. The Hall–Kier alpha value is -2.64. The highest BCUT2D eigenvalue weighted by molar-refractivity contribution is 6.31. The summed E-state index contributed by atoms with van der Waals surface area (Å²) in [4.78, 5) is 27.4. The summed E-state index contributed by atoms with van der Waals surface area (Å²) in [5, 5.41) is 11.5. The second-order valence-corrected chi connectivity index (χ2v) is 7.46. The molecule has 1 fully saturated rings. The van der Waals surface area contributed by atoms with Crippen LogP contribution in [0.2, 0.25) is 5.02 Å². The van der Waals surface area contributed by atoms with E-state index >= 15 is 0 Å². The van der Waals surface area contributed by atoms with Gasteiger partial charge in [0.2, 0.25) is 0 Å². The summed E-state index contributed by atoms with van der Waals surface area (Å²) in [5.41, 5.74) is 2.32. The number of hydrogen-bond donors (Lipinski definition) is 0. The monoisotopic (exact) mass is 401 g/mol. The molecule has 0 aliphatic carbocycles. The lowest BCUT2D eigenvalue weighted by molar-refractivity contribution is -0.385. The average Bonchev–Trinajstić information content (AvgIpc) is 3.16. The van der Waals surface area contributed by atoms with Crippen LogP contribution in [0.25, 0.3) is 0 Å². The number of nitro groups is 1. The minimum Gasteiger partial charge on any atom is -0.493 e. The van der Waals surface area contributed by atoms with Crippen LogP contribution in [0.4, 0.5) is 5.69 Å². The molecule has 8 heteroatoms. The zero-order chi connectivity index (χ0) is 19.7. The van der Waals surface area contributed by atoms with Gasteiger partial charge in [-0.05, 0) is 29.3 Å². The molecule has 1 amide bonds. The maximum Gasteiger partial charge on any atom is 0.283 e. The summed E-state index contributed by atoms with van der Waals surface area (Å²) in [6.07, 6.45) is 0.950. The number of carbonyl (C=O) groups excluding carboxylic acids is 1. The number of halogens is 1. The van der Waals surface area contributed by atoms with Crippen LogP contribution >= 0.6 is 11.6 Å². The van der Waals surface area contributed by atoms with Crippen LogP contribution in [-0.4, -0.2) is 53.4 Å². The van der Waals surface area contributed by atoms with Gasteiger partial charge in [-0.3, -0.25) is 19.8 Å². The van der Waals surface area contributed by atoms with Gasteiger partial charge >= 0.3 is 0 Å². The Kier molecular flexibility index (Phi) is 5.19. The Morgan fingerprint density at radius 1 is 1.14 bits per heavy atom. The van der Waals surface area contributed by atoms with Gasteiger partial charge in [-0.15, -0.1) is 0 Å². The molecule has 2 heterocycles. The third-order valence-corrected chi connectivity index (χ3v) is 5.44. The molecule has 0 spiro atoms. The van der Waals surface area contributed by atoms with Crippen LogP contribution in [0, 0.1) is 10.1 Å². The zero-order valence-corrected chi connectivity index (χ0v) is 16.0. The summed E-state index contributed by atoms with van der Waals surface area (Å²) >= 11 is 5.84. The SMILES string of the molecule is O=C(c1ccc(Cl)cc1[N+](=O)[O-])N1CCN(Cc2ccc3c(c2)CCO3)CC1. The minimum atomic E-state index is -0.563. The maximum absolute atomic E-state index is 12.8. The fourth-order valence-corrected chi connectivity index (χ4v) is 3.88. The van der Waals surface area contributed by atoms with Crippen molar-refractivity contribution in [2.24, 2.45) is 0 Å². The summed E-state index contributed by atoms with van der Waals surface area (Å²) in [7, 11) is 0. The molecule has 28 heavy (non-hydrogen) atoms. The van der Waals surface area contributed by atoms with Crippen LogP contribution in [-0.2, 0) is 13.0 Å². The van der Waals surface area contributed by atoms with E-state index in [9.17, 15) is 14.9 Å². The summed E-state index contributed by atoms with van der Waals surface area (Å²) in [6.45, 7) is 4.08. The van der Waals surface area contributed by atoms with E-state index in [-0.39, 0.29) is 22.2 Å². The predicted octanol–water partition coefficient (Wildman–Crippen LogP) is 3.14. The van der Waals surface area contributed by atoms with Crippen LogP contribution in [0.1, 0.15) is 21.5 Å². The zero-order valence-electron chi connectivity index (χ0n) is 15.3. The Morgan fingerprint density at radius 2 is 1.93 bits per heavy atom. The van der Waals surface area contributed by atoms with E-state index in [2.05, 4.69) is 17.0 Å². The standard InChI is InChI=1S/C20H20ClN3O4/c21-16-2-3-17(18(12-16)24(26)27)20(25)23-8-6-22(7-9-23)13-14-1-4-19-15(11-14)5-10-28-19/h1-4,11-12H,5-10,13H2. The molecule has 7 nitrogen and oxygen atoms in total. The van der Waals surface area contributed by atoms with Gasteiger partial charge in [-0.25, -0.2) is 0 Å². The van der Waals surface area contributed by atoms with Gasteiger partial charge in [0, 0.05) is 50.2 Å². The van der Waals surface area contributed by atoms with E-state index in [1.54, 1.807) is 4.90 Å². The first-order chi connectivity index (χ1) is 13.5. The number of nitrogens with zero attached hydrogens (tertiary/aromatic N) is 3. The largest absolute Gasteiger partial charge is 0.493 e. The van der Waals surface area contributed by atoms with Crippen molar-refractivity contribution in [3.8, 4) is 5.75 Å². The molecule has 0 aromatic heterocycles. The molecule has 0 saturated carbocycles. The molecule has 1 saturated heterocycles. The van der Waals surface area contributed by atoms with Crippen molar-refractivity contribution >= 4 is 23.2 Å². The first kappa shape index (κ1) is 18.7. The highest BCUT2D eigenvalue weighted by Gasteiger charge is 2.28. The summed E-state index contributed by atoms with van der Waals surface area (Å²) < 4.78 is 5.55. The van der Waals surface area contributed by atoms with Gasteiger partial charge in [0.25, 0.3) is 11.6 Å². The second-order valence-electron chi connectivity index (χ2n) is 7.03. The molecule has 0 bridgehead atoms. The number of benzene rings is 2. The topological polar surface area (TPSA) is 75.9 Å². The van der Waals surface area contributed by atoms with Gasteiger partial charge in [0.1, 0.15) is 11.3 Å². The molecule has 2 aromatic rings. The predicted molar refractivity (Wildman–Crippen MR) is 105 cm³/mol. The van der Waals surface area contributed by atoms with Crippen molar-refractivity contribution in [1.82, 2.24) is 9.80 Å². The van der Waals surface area contributed by atoms with Crippen molar-refractivity contribution in [3.05, 3.63) is 68.2 Å². The molecule has 0 radical (unpaired) electrons. The van der Waals surface area contributed by atoms with Crippen molar-refractivity contribution in [1.29, 1.82) is 0 Å². The Labute approximate surface area is 167 Å². The molecule has 0 unspecified atom stereocenters. The van der Waals surface area contributed by atoms with Gasteiger partial charge in [-0.2, -0.15) is 0 Å². The van der Waals surface area contributed by atoms with Crippen molar-refractivity contribution in [3.63, 3.8) is 0 Å². The molecular formula is C20H20ClN3O4. The lowest BCUT2D eigenvalue weighted by Gasteiger charge is -2.34. The van der Waals surface area contributed by atoms with Crippen molar-refractivity contribution in [2.45, 2.75) is 13.0 Å². The number of piperazine rings is 1. The smallest absolute Gasteiger partial charge is 0.283 e. The molecule has 2 aromatic carbocycles. The summed E-state index contributed by atoms with van der Waals surface area (Å²) in [5.74, 6) is 0.654. The molecule has 146 valence electrons. The van der Waals surface area contributed by atoms with Crippen LogP contribution in [0.5, 0.6) is 5.75 Å². The number of rotatable bonds is 4. The van der Waals surface area contributed by atoms with E-state index in [1.807, 2.05) is 6.07 Å². The van der Waals surface area contributed by atoms with Gasteiger partial charge in [0.05, 0.1) is 11.5 Å². The quantitative estimate of drug-likeness (QED) is 0.581. The maximum atomic E-state index is 12.8. The van der Waals surface area contributed by atoms with E-state index < -0.39 is 4.92 Å². The molecule has 0 N–H and O–H groups in total. The third-order valence-electron chi connectivity index (χ3n) is 5.21. The minimum absolute atomic E-state index is 0.0847. The average molecular weight is 402 g/mol. The first-order valence-electron chi connectivity index (χ1n) is 9.21. The number of carbonyl (C=O) groups is 1. The molecular weight excluding hydrogens is 382 g/mol. The Balaban J connectivity index is 1.39. The van der Waals surface area contributed by atoms with E-state index in [4.69, 9.17) is 16.3 Å². The normalized spacial score (nSPS) is 16.5. The molecule has 2 aliphatic rings. The van der Waals surface area contributed by atoms with Crippen molar-refractivity contribution in [2.75, 3.05) is 32.8 Å². The third kappa shape index (κ3) is 3.81. The lowest BCUT2D eigenvalue weighted by Crippen LogP contribution is -2.48. The molecule has 0 atom stereocenters. The highest BCUT2D eigenvalue weighted by atomic mass is 35.5. The number of fused-ring (bicyclic) bond motifs is 1. The van der Waals surface area contributed by atoms with Gasteiger partial charge in [-0.1, -0.05) is 23.7 Å².